The highest BCUT2D eigenvalue weighted by molar-refractivity contribution is 9.10. The predicted molar refractivity (Wildman–Crippen MR) is 82.7 cm³/mol. The number of hydrogen-bond donors (Lipinski definition) is 1. The molecule has 4 nitrogen and oxygen atoms in total. The second kappa shape index (κ2) is 6.86. The zero-order valence-electron chi connectivity index (χ0n) is 10.4. The summed E-state index contributed by atoms with van der Waals surface area (Å²) in [5, 5.41) is 3.13. The van der Waals surface area contributed by atoms with E-state index in [2.05, 4.69) is 54.1 Å². The van der Waals surface area contributed by atoms with E-state index in [0.717, 1.165) is 27.7 Å². The van der Waals surface area contributed by atoms with Crippen molar-refractivity contribution in [2.45, 2.75) is 13.3 Å². The molecule has 1 heterocycles. The fourth-order valence-corrected chi connectivity index (χ4v) is 2.04. The van der Waals surface area contributed by atoms with Crippen molar-refractivity contribution in [3.63, 3.8) is 0 Å². The molecule has 0 saturated carbocycles. The van der Waals surface area contributed by atoms with Crippen LogP contribution in [0.5, 0.6) is 11.6 Å². The highest BCUT2D eigenvalue weighted by Crippen LogP contribution is 2.29. The lowest BCUT2D eigenvalue weighted by Crippen LogP contribution is -2.04. The van der Waals surface area contributed by atoms with Gasteiger partial charge in [0.15, 0.2) is 0 Å². The summed E-state index contributed by atoms with van der Waals surface area (Å²) in [5.74, 6) is 1.77. The Hall–Kier alpha value is -1.14. The zero-order valence-corrected chi connectivity index (χ0v) is 13.5. The van der Waals surface area contributed by atoms with Crippen molar-refractivity contribution >= 4 is 37.8 Å². The van der Waals surface area contributed by atoms with E-state index in [-0.39, 0.29) is 0 Å². The summed E-state index contributed by atoms with van der Waals surface area (Å²) in [5.41, 5.74) is 0. The van der Waals surface area contributed by atoms with Crippen LogP contribution in [0.25, 0.3) is 0 Å². The average Bonchev–Trinajstić information content (AvgIpc) is 2.40. The van der Waals surface area contributed by atoms with Crippen LogP contribution in [0.4, 0.5) is 5.95 Å². The molecule has 0 spiro atoms. The van der Waals surface area contributed by atoms with Gasteiger partial charge < -0.3 is 10.1 Å². The zero-order chi connectivity index (χ0) is 13.7. The first-order valence-electron chi connectivity index (χ1n) is 5.89. The van der Waals surface area contributed by atoms with E-state index in [1.54, 1.807) is 6.20 Å². The van der Waals surface area contributed by atoms with Crippen molar-refractivity contribution in [1.82, 2.24) is 9.97 Å². The lowest BCUT2D eigenvalue weighted by molar-refractivity contribution is 0.458. The van der Waals surface area contributed by atoms with E-state index in [0.29, 0.717) is 11.8 Å². The average molecular weight is 387 g/mol. The van der Waals surface area contributed by atoms with Crippen LogP contribution in [0.15, 0.2) is 39.4 Å². The first kappa shape index (κ1) is 14.3. The molecule has 0 fully saturated rings. The normalized spacial score (nSPS) is 10.3. The summed E-state index contributed by atoms with van der Waals surface area (Å²) in [6, 6.07) is 7.60. The Morgan fingerprint density at radius 3 is 2.89 bits per heavy atom. The standard InChI is InChI=1S/C13H13Br2N3O/c1-2-6-16-13-17-8-11(15)12(18-13)19-10-5-3-4-9(14)7-10/h3-5,7-8H,2,6H2,1H3,(H,16,17,18). The molecule has 0 amide bonds. The molecule has 0 saturated heterocycles. The summed E-state index contributed by atoms with van der Waals surface area (Å²) >= 11 is 6.79. The van der Waals surface area contributed by atoms with Crippen molar-refractivity contribution in [1.29, 1.82) is 0 Å². The number of anilines is 1. The maximum absolute atomic E-state index is 5.74. The minimum Gasteiger partial charge on any atom is -0.438 e. The second-order valence-corrected chi connectivity index (χ2v) is 5.60. The van der Waals surface area contributed by atoms with Gasteiger partial charge in [-0.15, -0.1) is 0 Å². The molecule has 100 valence electrons. The van der Waals surface area contributed by atoms with E-state index < -0.39 is 0 Å². The SMILES string of the molecule is CCCNc1ncc(Br)c(Oc2cccc(Br)c2)n1. The summed E-state index contributed by atoms with van der Waals surface area (Å²) < 4.78 is 7.42. The topological polar surface area (TPSA) is 47.0 Å². The largest absolute Gasteiger partial charge is 0.438 e. The lowest BCUT2D eigenvalue weighted by Gasteiger charge is -2.09. The minimum absolute atomic E-state index is 0.492. The Balaban J connectivity index is 2.19. The van der Waals surface area contributed by atoms with E-state index in [9.17, 15) is 0 Å². The molecule has 0 bridgehead atoms. The fraction of sp³-hybridized carbons (Fsp3) is 0.231. The van der Waals surface area contributed by atoms with Crippen LogP contribution in [-0.4, -0.2) is 16.5 Å². The maximum atomic E-state index is 5.74. The Morgan fingerprint density at radius 1 is 1.32 bits per heavy atom. The predicted octanol–water partition coefficient (Wildman–Crippen LogP) is 4.62. The lowest BCUT2D eigenvalue weighted by atomic mass is 10.3. The van der Waals surface area contributed by atoms with Gasteiger partial charge in [0.25, 0.3) is 0 Å². The monoisotopic (exact) mass is 385 g/mol. The molecule has 1 aromatic heterocycles. The number of nitrogens with zero attached hydrogens (tertiary/aromatic N) is 2. The molecule has 0 aliphatic rings. The van der Waals surface area contributed by atoms with Crippen LogP contribution in [0, 0.1) is 0 Å². The second-order valence-electron chi connectivity index (χ2n) is 3.83. The highest BCUT2D eigenvalue weighted by atomic mass is 79.9. The molecular formula is C13H13Br2N3O. The summed E-state index contributed by atoms with van der Waals surface area (Å²) in [6.07, 6.45) is 2.69. The highest BCUT2D eigenvalue weighted by Gasteiger charge is 2.07. The summed E-state index contributed by atoms with van der Waals surface area (Å²) in [4.78, 5) is 8.51. The number of benzene rings is 1. The quantitative estimate of drug-likeness (QED) is 0.814. The molecule has 2 rings (SSSR count). The van der Waals surface area contributed by atoms with Crippen LogP contribution in [-0.2, 0) is 0 Å². The van der Waals surface area contributed by atoms with Crippen molar-refractivity contribution in [3.8, 4) is 11.6 Å². The third-order valence-electron chi connectivity index (χ3n) is 2.26. The molecular weight excluding hydrogens is 374 g/mol. The van der Waals surface area contributed by atoms with Gasteiger partial charge in [-0.1, -0.05) is 28.9 Å². The molecule has 0 atom stereocenters. The molecule has 1 aromatic carbocycles. The maximum Gasteiger partial charge on any atom is 0.238 e. The Bertz CT molecular complexity index is 563. The summed E-state index contributed by atoms with van der Waals surface area (Å²) in [6.45, 7) is 2.92. The van der Waals surface area contributed by atoms with Gasteiger partial charge in [-0.2, -0.15) is 4.98 Å². The van der Waals surface area contributed by atoms with Gasteiger partial charge >= 0.3 is 0 Å². The van der Waals surface area contributed by atoms with E-state index in [1.807, 2.05) is 24.3 Å². The van der Waals surface area contributed by atoms with Crippen LogP contribution in [0.3, 0.4) is 0 Å². The van der Waals surface area contributed by atoms with Crippen molar-refractivity contribution < 1.29 is 4.74 Å². The van der Waals surface area contributed by atoms with Crippen molar-refractivity contribution in [2.24, 2.45) is 0 Å². The van der Waals surface area contributed by atoms with E-state index in [4.69, 9.17) is 4.74 Å². The molecule has 0 aliphatic heterocycles. The summed E-state index contributed by atoms with van der Waals surface area (Å²) in [7, 11) is 0. The van der Waals surface area contributed by atoms with Gasteiger partial charge in [-0.05, 0) is 40.5 Å². The van der Waals surface area contributed by atoms with E-state index >= 15 is 0 Å². The molecule has 0 aliphatic carbocycles. The van der Waals surface area contributed by atoms with Gasteiger partial charge in [0.2, 0.25) is 11.8 Å². The number of nitrogens with one attached hydrogen (secondary N) is 1. The molecule has 6 heteroatoms. The van der Waals surface area contributed by atoms with Crippen LogP contribution < -0.4 is 10.1 Å². The Labute approximate surface area is 128 Å². The van der Waals surface area contributed by atoms with Gasteiger partial charge in [0.05, 0.1) is 10.7 Å². The van der Waals surface area contributed by atoms with Crippen molar-refractivity contribution in [2.75, 3.05) is 11.9 Å². The number of halogens is 2. The minimum atomic E-state index is 0.492. The third kappa shape index (κ3) is 4.18. The number of aromatic nitrogens is 2. The van der Waals surface area contributed by atoms with Gasteiger partial charge in [0.1, 0.15) is 5.75 Å². The van der Waals surface area contributed by atoms with Gasteiger partial charge in [-0.3, -0.25) is 0 Å². The first-order valence-corrected chi connectivity index (χ1v) is 7.47. The number of rotatable bonds is 5. The smallest absolute Gasteiger partial charge is 0.238 e. The van der Waals surface area contributed by atoms with Gasteiger partial charge in [0, 0.05) is 11.0 Å². The number of ether oxygens (including phenoxy) is 1. The molecule has 0 unspecified atom stereocenters. The van der Waals surface area contributed by atoms with Crippen LogP contribution in [0.1, 0.15) is 13.3 Å². The third-order valence-corrected chi connectivity index (χ3v) is 3.29. The molecule has 1 N–H and O–H groups in total. The van der Waals surface area contributed by atoms with Crippen molar-refractivity contribution in [3.05, 3.63) is 39.4 Å². The number of hydrogen-bond acceptors (Lipinski definition) is 4. The Kier molecular flexibility index (Phi) is 5.15. The fourth-order valence-electron chi connectivity index (χ4n) is 1.39. The van der Waals surface area contributed by atoms with Crippen LogP contribution in [0.2, 0.25) is 0 Å². The molecule has 2 aromatic rings. The van der Waals surface area contributed by atoms with Crippen LogP contribution >= 0.6 is 31.9 Å². The Morgan fingerprint density at radius 2 is 2.16 bits per heavy atom. The molecule has 19 heavy (non-hydrogen) atoms. The van der Waals surface area contributed by atoms with E-state index in [1.165, 1.54) is 0 Å². The first-order chi connectivity index (χ1) is 9.19. The van der Waals surface area contributed by atoms with Gasteiger partial charge in [-0.25, -0.2) is 4.98 Å². The molecule has 0 radical (unpaired) electrons.